The minimum atomic E-state index is -0.411. The smallest absolute Gasteiger partial charge is 0.255 e. The Bertz CT molecular complexity index is 1150. The number of carbonyl (C=O) groups excluding carboxylic acids is 1. The van der Waals surface area contributed by atoms with Crippen LogP contribution in [-0.4, -0.2) is 41.9 Å². The number of nitrogens with one attached hydrogen (secondary N) is 2. The van der Waals surface area contributed by atoms with Gasteiger partial charge < -0.3 is 20.3 Å². The van der Waals surface area contributed by atoms with Crippen molar-refractivity contribution in [3.63, 3.8) is 0 Å². The minimum absolute atomic E-state index is 0.225. The number of allylic oxidation sites excluding steroid dienone is 1. The van der Waals surface area contributed by atoms with Crippen LogP contribution in [-0.2, 0) is 4.79 Å². The van der Waals surface area contributed by atoms with Crippen LogP contribution >= 0.6 is 0 Å². The predicted molar refractivity (Wildman–Crippen MR) is 122 cm³/mol. The summed E-state index contributed by atoms with van der Waals surface area (Å²) in [4.78, 5) is 19.8. The zero-order chi connectivity index (χ0) is 22.1. The van der Waals surface area contributed by atoms with Gasteiger partial charge in [0.15, 0.2) is 0 Å². The summed E-state index contributed by atoms with van der Waals surface area (Å²) in [6.45, 7) is 3.85. The van der Waals surface area contributed by atoms with E-state index in [2.05, 4.69) is 20.7 Å². The van der Waals surface area contributed by atoms with Crippen LogP contribution in [0, 0.1) is 6.92 Å². The molecule has 1 atom stereocenters. The second-order valence-corrected chi connectivity index (χ2v) is 7.74. The number of anilines is 3. The number of carbonyl (C=O) groups is 1. The molecule has 160 valence electrons. The molecule has 2 aromatic carbocycles. The highest BCUT2D eigenvalue weighted by Gasteiger charge is 2.33. The van der Waals surface area contributed by atoms with E-state index in [0.29, 0.717) is 23.0 Å². The molecule has 2 N–H and O–H groups in total. The number of amides is 1. The normalized spacial score (nSPS) is 15.2. The van der Waals surface area contributed by atoms with Gasteiger partial charge in [-0.05, 0) is 49.2 Å². The summed E-state index contributed by atoms with van der Waals surface area (Å²) >= 11 is 0. The van der Waals surface area contributed by atoms with Crippen LogP contribution in [0.25, 0.3) is 0 Å². The van der Waals surface area contributed by atoms with Crippen LogP contribution < -0.4 is 20.3 Å². The van der Waals surface area contributed by atoms with E-state index in [-0.39, 0.29) is 5.91 Å². The van der Waals surface area contributed by atoms with Crippen LogP contribution in [0.4, 0.5) is 17.3 Å². The van der Waals surface area contributed by atoms with Crippen molar-refractivity contribution in [2.75, 3.05) is 36.7 Å². The Balaban J connectivity index is 1.75. The van der Waals surface area contributed by atoms with E-state index in [1.54, 1.807) is 11.8 Å². The third-order valence-corrected chi connectivity index (χ3v) is 5.37. The molecular weight excluding hydrogens is 392 g/mol. The van der Waals surface area contributed by atoms with E-state index >= 15 is 0 Å². The van der Waals surface area contributed by atoms with Gasteiger partial charge in [0.05, 0.1) is 18.4 Å². The first kappa shape index (κ1) is 20.5. The fourth-order valence-electron chi connectivity index (χ4n) is 3.76. The highest BCUT2D eigenvalue weighted by Crippen LogP contribution is 2.36. The Labute approximate surface area is 181 Å². The van der Waals surface area contributed by atoms with E-state index in [9.17, 15) is 4.79 Å². The standard InChI is InChI=1S/C23H26N6O2/c1-14-6-11-19(31-5)18(12-14)27-22(30)20-15(2)26-23-24-13-25-29(23)21(20)16-7-9-17(10-8-16)28(3)4/h6-13,21H,1-5H3,(H,27,30)(H,24,25,26). The first-order valence-electron chi connectivity index (χ1n) is 9.99. The minimum Gasteiger partial charge on any atom is -0.495 e. The number of ether oxygens (including phenoxy) is 1. The van der Waals surface area contributed by atoms with Crippen LogP contribution in [0.5, 0.6) is 5.75 Å². The first-order valence-corrected chi connectivity index (χ1v) is 9.99. The van der Waals surface area contributed by atoms with Crippen molar-refractivity contribution < 1.29 is 9.53 Å². The van der Waals surface area contributed by atoms with Crippen LogP contribution in [0.15, 0.2) is 60.1 Å². The van der Waals surface area contributed by atoms with E-state index in [1.165, 1.54) is 6.33 Å². The van der Waals surface area contributed by atoms with E-state index in [1.807, 2.05) is 75.3 Å². The molecule has 8 heteroatoms. The molecule has 0 saturated carbocycles. The quantitative estimate of drug-likeness (QED) is 0.659. The fraction of sp³-hybridized carbons (Fsp3) is 0.261. The second kappa shape index (κ2) is 8.14. The fourth-order valence-corrected chi connectivity index (χ4v) is 3.76. The maximum atomic E-state index is 13.5. The van der Waals surface area contributed by atoms with Crippen molar-refractivity contribution in [1.82, 2.24) is 14.8 Å². The topological polar surface area (TPSA) is 84.3 Å². The molecule has 0 radical (unpaired) electrons. The first-order chi connectivity index (χ1) is 14.9. The Kier molecular flexibility index (Phi) is 5.37. The molecule has 1 amide bonds. The molecule has 1 aliphatic rings. The van der Waals surface area contributed by atoms with Crippen molar-refractivity contribution in [2.24, 2.45) is 0 Å². The van der Waals surface area contributed by atoms with Gasteiger partial charge in [0.2, 0.25) is 5.95 Å². The molecule has 0 aliphatic carbocycles. The summed E-state index contributed by atoms with van der Waals surface area (Å²) in [5, 5.41) is 10.6. The van der Waals surface area contributed by atoms with Gasteiger partial charge in [-0.2, -0.15) is 10.1 Å². The second-order valence-electron chi connectivity index (χ2n) is 7.74. The molecule has 3 aromatic rings. The average molecular weight is 419 g/mol. The lowest BCUT2D eigenvalue weighted by atomic mass is 9.94. The molecule has 8 nitrogen and oxygen atoms in total. The number of hydrogen-bond acceptors (Lipinski definition) is 6. The number of aromatic nitrogens is 3. The molecule has 2 heterocycles. The predicted octanol–water partition coefficient (Wildman–Crippen LogP) is 3.59. The Morgan fingerprint density at radius 3 is 2.58 bits per heavy atom. The van der Waals surface area contributed by atoms with Gasteiger partial charge in [0, 0.05) is 25.5 Å². The number of fused-ring (bicyclic) bond motifs is 1. The van der Waals surface area contributed by atoms with Gasteiger partial charge in [-0.1, -0.05) is 18.2 Å². The van der Waals surface area contributed by atoms with Crippen molar-refractivity contribution in [1.29, 1.82) is 0 Å². The summed E-state index contributed by atoms with van der Waals surface area (Å²) in [6.07, 6.45) is 1.49. The number of hydrogen-bond donors (Lipinski definition) is 2. The zero-order valence-electron chi connectivity index (χ0n) is 18.3. The van der Waals surface area contributed by atoms with Gasteiger partial charge >= 0.3 is 0 Å². The van der Waals surface area contributed by atoms with E-state index in [4.69, 9.17) is 4.74 Å². The molecule has 1 unspecified atom stereocenters. The van der Waals surface area contributed by atoms with Gasteiger partial charge in [0.25, 0.3) is 5.91 Å². The van der Waals surface area contributed by atoms with Gasteiger partial charge in [-0.25, -0.2) is 4.68 Å². The third kappa shape index (κ3) is 3.84. The monoisotopic (exact) mass is 418 g/mol. The number of nitrogens with zero attached hydrogens (tertiary/aromatic N) is 4. The van der Waals surface area contributed by atoms with Crippen molar-refractivity contribution in [3.05, 3.63) is 71.2 Å². The summed E-state index contributed by atoms with van der Waals surface area (Å²) in [6, 6.07) is 13.4. The van der Waals surface area contributed by atoms with Gasteiger partial charge in [-0.15, -0.1) is 0 Å². The van der Waals surface area contributed by atoms with E-state index < -0.39 is 6.04 Å². The Hall–Kier alpha value is -3.81. The summed E-state index contributed by atoms with van der Waals surface area (Å²) in [5.41, 5.74) is 4.97. The number of benzene rings is 2. The maximum absolute atomic E-state index is 13.5. The van der Waals surface area contributed by atoms with E-state index in [0.717, 1.165) is 22.5 Å². The largest absolute Gasteiger partial charge is 0.495 e. The van der Waals surface area contributed by atoms with Crippen molar-refractivity contribution >= 4 is 23.2 Å². The molecule has 31 heavy (non-hydrogen) atoms. The lowest BCUT2D eigenvalue weighted by Crippen LogP contribution is -2.31. The Morgan fingerprint density at radius 2 is 1.90 bits per heavy atom. The maximum Gasteiger partial charge on any atom is 0.255 e. The van der Waals surface area contributed by atoms with Gasteiger partial charge in [0.1, 0.15) is 18.1 Å². The average Bonchev–Trinajstić information content (AvgIpc) is 3.21. The molecule has 0 fully saturated rings. The molecule has 0 bridgehead atoms. The lowest BCUT2D eigenvalue weighted by Gasteiger charge is -2.29. The van der Waals surface area contributed by atoms with Crippen LogP contribution in [0.2, 0.25) is 0 Å². The third-order valence-electron chi connectivity index (χ3n) is 5.37. The van der Waals surface area contributed by atoms with Crippen LogP contribution in [0.3, 0.4) is 0 Å². The number of aryl methyl sites for hydroxylation is 1. The summed E-state index contributed by atoms with van der Waals surface area (Å²) < 4.78 is 7.16. The number of methoxy groups -OCH3 is 1. The molecular formula is C23H26N6O2. The van der Waals surface area contributed by atoms with Gasteiger partial charge in [-0.3, -0.25) is 4.79 Å². The molecule has 4 rings (SSSR count). The lowest BCUT2D eigenvalue weighted by molar-refractivity contribution is -0.113. The summed E-state index contributed by atoms with van der Waals surface area (Å²) in [7, 11) is 5.57. The molecule has 1 aliphatic heterocycles. The molecule has 0 spiro atoms. The SMILES string of the molecule is COc1ccc(C)cc1NC(=O)C1=C(C)Nc2ncnn2C1c1ccc(N(C)C)cc1. The zero-order valence-corrected chi connectivity index (χ0v) is 18.3. The van der Waals surface area contributed by atoms with Crippen molar-refractivity contribution in [3.8, 4) is 5.75 Å². The van der Waals surface area contributed by atoms with Crippen LogP contribution in [0.1, 0.15) is 24.1 Å². The van der Waals surface area contributed by atoms with Crippen molar-refractivity contribution in [2.45, 2.75) is 19.9 Å². The Morgan fingerprint density at radius 1 is 1.16 bits per heavy atom. The molecule has 0 saturated heterocycles. The summed E-state index contributed by atoms with van der Waals surface area (Å²) in [5.74, 6) is 0.981. The highest BCUT2D eigenvalue weighted by atomic mass is 16.5. The number of rotatable bonds is 5. The highest BCUT2D eigenvalue weighted by molar-refractivity contribution is 6.06. The molecule has 1 aromatic heterocycles.